The van der Waals surface area contributed by atoms with Crippen molar-refractivity contribution in [3.05, 3.63) is 35.9 Å². The smallest absolute Gasteiger partial charge is 0.192 e. The lowest BCUT2D eigenvalue weighted by atomic mass is 9.89. The molecule has 0 heterocycles. The lowest BCUT2D eigenvalue weighted by Gasteiger charge is -2.43. The highest BCUT2D eigenvalue weighted by Gasteiger charge is 2.42. The Bertz CT molecular complexity index is 510. The summed E-state index contributed by atoms with van der Waals surface area (Å²) in [5, 5.41) is 10.6. The summed E-state index contributed by atoms with van der Waals surface area (Å²) in [5.74, 6) is 0.313. The first-order valence-electron chi connectivity index (χ1n) is 9.97. The Morgan fingerprint density at radius 1 is 1.08 bits per heavy atom. The van der Waals surface area contributed by atoms with Crippen LogP contribution >= 0.6 is 0 Å². The number of hydrogen-bond acceptors (Lipinski definition) is 3. The van der Waals surface area contributed by atoms with E-state index in [2.05, 4.69) is 59.8 Å². The Labute approximate surface area is 162 Å². The molecule has 4 heteroatoms. The van der Waals surface area contributed by atoms with E-state index in [0.717, 1.165) is 6.42 Å². The van der Waals surface area contributed by atoms with Crippen molar-refractivity contribution in [2.24, 2.45) is 11.8 Å². The van der Waals surface area contributed by atoms with Gasteiger partial charge in [-0.25, -0.2) is 0 Å². The molecule has 0 radical (unpaired) electrons. The first-order chi connectivity index (χ1) is 12.0. The van der Waals surface area contributed by atoms with Gasteiger partial charge in [-0.1, -0.05) is 71.9 Å². The van der Waals surface area contributed by atoms with Crippen molar-refractivity contribution in [1.29, 1.82) is 0 Å². The quantitative estimate of drug-likeness (QED) is 0.534. The number of aliphatic hydroxyl groups is 1. The third-order valence-electron chi connectivity index (χ3n) is 5.83. The summed E-state index contributed by atoms with van der Waals surface area (Å²) >= 11 is 0. The first kappa shape index (κ1) is 23.4. The normalized spacial score (nSPS) is 17.6. The van der Waals surface area contributed by atoms with E-state index in [1.54, 1.807) is 0 Å². The second-order valence-electron chi connectivity index (χ2n) is 9.16. The molecule has 1 aromatic carbocycles. The molecule has 0 spiro atoms. The van der Waals surface area contributed by atoms with Gasteiger partial charge >= 0.3 is 0 Å². The average Bonchev–Trinajstić information content (AvgIpc) is 2.58. The number of hydrogen-bond donors (Lipinski definition) is 1. The molecule has 0 aliphatic rings. The Morgan fingerprint density at radius 3 is 2.15 bits per heavy atom. The number of ether oxygens (including phenoxy) is 1. The van der Waals surface area contributed by atoms with Gasteiger partial charge in [0, 0.05) is 11.8 Å². The van der Waals surface area contributed by atoms with E-state index in [4.69, 9.17) is 9.16 Å². The molecule has 150 valence electrons. The summed E-state index contributed by atoms with van der Waals surface area (Å²) < 4.78 is 12.7. The second-order valence-corrected chi connectivity index (χ2v) is 13.9. The molecular formula is C22H40O3Si. The van der Waals surface area contributed by atoms with Crippen molar-refractivity contribution in [2.45, 2.75) is 84.9 Å². The van der Waals surface area contributed by atoms with Gasteiger partial charge in [0.2, 0.25) is 0 Å². The van der Waals surface area contributed by atoms with Crippen LogP contribution in [0.5, 0.6) is 0 Å². The number of aliphatic hydroxyl groups excluding tert-OH is 1. The monoisotopic (exact) mass is 380 g/mol. The van der Waals surface area contributed by atoms with Crippen LogP contribution in [0.1, 0.15) is 53.5 Å². The van der Waals surface area contributed by atoms with E-state index in [0.29, 0.717) is 13.2 Å². The molecule has 0 aromatic heterocycles. The Morgan fingerprint density at radius 2 is 1.65 bits per heavy atom. The first-order valence-corrected chi connectivity index (χ1v) is 12.9. The van der Waals surface area contributed by atoms with Crippen LogP contribution in [0.25, 0.3) is 0 Å². The molecule has 3 nitrogen and oxygen atoms in total. The minimum atomic E-state index is -1.92. The third kappa shape index (κ3) is 6.80. The molecule has 0 fully saturated rings. The van der Waals surface area contributed by atoms with Crippen LogP contribution in [0.4, 0.5) is 0 Å². The van der Waals surface area contributed by atoms with Gasteiger partial charge in [-0.05, 0) is 30.1 Å². The topological polar surface area (TPSA) is 38.7 Å². The molecule has 0 aliphatic heterocycles. The zero-order valence-electron chi connectivity index (χ0n) is 18.1. The maximum absolute atomic E-state index is 10.4. The zero-order chi connectivity index (χ0) is 20.0. The minimum absolute atomic E-state index is 0.00150. The summed E-state index contributed by atoms with van der Waals surface area (Å²) in [6.07, 6.45) is 0.402. The fourth-order valence-corrected chi connectivity index (χ4v) is 4.36. The zero-order valence-corrected chi connectivity index (χ0v) is 19.1. The molecule has 0 amide bonds. The highest BCUT2D eigenvalue weighted by atomic mass is 28.4. The van der Waals surface area contributed by atoms with Crippen molar-refractivity contribution in [2.75, 3.05) is 6.61 Å². The molecule has 1 rings (SSSR count). The molecule has 0 bridgehead atoms. The van der Waals surface area contributed by atoms with E-state index < -0.39 is 8.32 Å². The van der Waals surface area contributed by atoms with Crippen molar-refractivity contribution < 1.29 is 14.3 Å². The number of rotatable bonds is 10. The second kappa shape index (κ2) is 10.0. The molecule has 0 saturated carbocycles. The van der Waals surface area contributed by atoms with Gasteiger partial charge < -0.3 is 14.3 Å². The molecule has 1 N–H and O–H groups in total. The fourth-order valence-electron chi connectivity index (χ4n) is 2.88. The molecule has 0 saturated heterocycles. The van der Waals surface area contributed by atoms with E-state index in [9.17, 15) is 5.11 Å². The van der Waals surface area contributed by atoms with E-state index in [1.807, 2.05) is 25.1 Å². The van der Waals surface area contributed by atoms with Crippen LogP contribution in [0.2, 0.25) is 18.1 Å². The van der Waals surface area contributed by atoms with E-state index in [-0.39, 0.29) is 29.1 Å². The molecule has 0 aliphatic carbocycles. The van der Waals surface area contributed by atoms with Crippen molar-refractivity contribution in [3.63, 3.8) is 0 Å². The predicted octanol–water partition coefficient (Wildman–Crippen LogP) is 5.64. The van der Waals surface area contributed by atoms with Gasteiger partial charge in [0.1, 0.15) is 0 Å². The van der Waals surface area contributed by atoms with Gasteiger partial charge in [-0.15, -0.1) is 0 Å². The maximum Gasteiger partial charge on any atom is 0.192 e. The van der Waals surface area contributed by atoms with Crippen LogP contribution in [-0.2, 0) is 15.8 Å². The van der Waals surface area contributed by atoms with Crippen LogP contribution in [0, 0.1) is 11.8 Å². The summed E-state index contributed by atoms with van der Waals surface area (Å²) in [5.41, 5.74) is 1.18. The maximum atomic E-state index is 10.4. The average molecular weight is 381 g/mol. The number of benzene rings is 1. The van der Waals surface area contributed by atoms with Crippen LogP contribution in [0.15, 0.2) is 30.3 Å². The van der Waals surface area contributed by atoms with E-state index >= 15 is 0 Å². The standard InChI is InChI=1S/C22H40O3Si/c1-9-20(23)18(3)21(25-26(7,8)22(4,5)6)17(2)15-24-16-19-13-11-10-12-14-19/h10-14,17-18,20-21,23H,9,15-16H2,1-8H3/t17-,18+,20+,21-/m1/s1. The van der Waals surface area contributed by atoms with Gasteiger partial charge in [0.05, 0.1) is 25.4 Å². The lowest BCUT2D eigenvalue weighted by Crippen LogP contribution is -2.49. The van der Waals surface area contributed by atoms with Gasteiger partial charge in [-0.3, -0.25) is 0 Å². The largest absolute Gasteiger partial charge is 0.413 e. The Hall–Kier alpha value is -0.683. The van der Waals surface area contributed by atoms with Crippen LogP contribution in [-0.4, -0.2) is 32.2 Å². The molecule has 4 atom stereocenters. The SMILES string of the molecule is CC[C@H](O)[C@H](C)[C@H](O[Si](C)(C)C(C)(C)C)[C@H](C)COCc1ccccc1. The van der Waals surface area contributed by atoms with Gasteiger partial charge in [0.15, 0.2) is 8.32 Å². The highest BCUT2D eigenvalue weighted by molar-refractivity contribution is 6.74. The molecule has 1 aromatic rings. The predicted molar refractivity (Wildman–Crippen MR) is 113 cm³/mol. The van der Waals surface area contributed by atoms with Crippen molar-refractivity contribution in [1.82, 2.24) is 0 Å². The minimum Gasteiger partial charge on any atom is -0.413 e. The van der Waals surface area contributed by atoms with Crippen molar-refractivity contribution >= 4 is 8.32 Å². The highest BCUT2D eigenvalue weighted by Crippen LogP contribution is 2.39. The Kier molecular flexibility index (Phi) is 9.00. The lowest BCUT2D eigenvalue weighted by molar-refractivity contribution is -0.0283. The summed E-state index contributed by atoms with van der Waals surface area (Å²) in [4.78, 5) is 0. The van der Waals surface area contributed by atoms with Gasteiger partial charge in [0.25, 0.3) is 0 Å². The van der Waals surface area contributed by atoms with Crippen molar-refractivity contribution in [3.8, 4) is 0 Å². The Balaban J connectivity index is 2.79. The molecule has 0 unspecified atom stereocenters. The summed E-state index contributed by atoms with van der Waals surface area (Å²) in [7, 11) is -1.92. The molecular weight excluding hydrogens is 340 g/mol. The van der Waals surface area contributed by atoms with Crippen LogP contribution < -0.4 is 0 Å². The summed E-state index contributed by atoms with van der Waals surface area (Å²) in [6, 6.07) is 10.2. The van der Waals surface area contributed by atoms with E-state index in [1.165, 1.54) is 5.56 Å². The van der Waals surface area contributed by atoms with Crippen LogP contribution in [0.3, 0.4) is 0 Å². The summed E-state index contributed by atoms with van der Waals surface area (Å²) in [6.45, 7) is 18.9. The van der Waals surface area contributed by atoms with Gasteiger partial charge in [-0.2, -0.15) is 0 Å². The fraction of sp³-hybridized carbons (Fsp3) is 0.727. The molecule has 26 heavy (non-hydrogen) atoms. The third-order valence-corrected chi connectivity index (χ3v) is 10.3.